The largest absolute Gasteiger partial charge is 0.494 e. The lowest BCUT2D eigenvalue weighted by atomic mass is 10.0. The van der Waals surface area contributed by atoms with E-state index in [1.165, 1.54) is 11.3 Å². The Morgan fingerprint density at radius 1 is 1.10 bits per heavy atom. The van der Waals surface area contributed by atoms with Gasteiger partial charge in [-0.05, 0) is 54.6 Å². The first-order chi connectivity index (χ1) is 20.2. The molecule has 2 aliphatic heterocycles. The van der Waals surface area contributed by atoms with Crippen LogP contribution in [0.3, 0.4) is 0 Å². The maximum Gasteiger partial charge on any atom is 0.229 e. The molecule has 0 spiro atoms. The number of ether oxygens (including phenoxy) is 1. The van der Waals surface area contributed by atoms with E-state index in [-0.39, 0.29) is 0 Å². The number of hydrogen-bond acceptors (Lipinski definition) is 10. The van der Waals surface area contributed by atoms with Crippen LogP contribution in [0.5, 0.6) is 5.75 Å². The molecule has 11 nitrogen and oxygen atoms in total. The zero-order valence-electron chi connectivity index (χ0n) is 24.3. The second kappa shape index (κ2) is 13.2. The summed E-state index contributed by atoms with van der Waals surface area (Å²) in [5.41, 5.74) is 9.93. The monoisotopic (exact) mass is 612 g/mol. The number of piperazine rings is 1. The first-order valence-electron chi connectivity index (χ1n) is 14.1. The molecule has 2 saturated heterocycles. The topological polar surface area (TPSA) is 128 Å². The number of hydrazone groups is 1. The number of nitrogens with one attached hydrogen (secondary N) is 3. The van der Waals surface area contributed by atoms with E-state index in [0.29, 0.717) is 28.9 Å². The molecule has 0 bridgehead atoms. The zero-order chi connectivity index (χ0) is 29.7. The summed E-state index contributed by atoms with van der Waals surface area (Å²) in [6.45, 7) is 6.47. The van der Waals surface area contributed by atoms with Gasteiger partial charge in [0.2, 0.25) is 10.0 Å². The minimum Gasteiger partial charge on any atom is -0.494 e. The molecule has 1 aromatic heterocycles. The fraction of sp³-hybridized carbons (Fsp3) is 0.414. The molecule has 13 heteroatoms. The van der Waals surface area contributed by atoms with Crippen LogP contribution < -0.4 is 35.7 Å². The number of sulfonamides is 1. The van der Waals surface area contributed by atoms with Crippen LogP contribution >= 0.6 is 11.3 Å². The Morgan fingerprint density at radius 3 is 2.50 bits per heavy atom. The van der Waals surface area contributed by atoms with Gasteiger partial charge >= 0.3 is 0 Å². The Bertz CT molecular complexity index is 1500. The van der Waals surface area contributed by atoms with Crippen molar-refractivity contribution in [2.75, 3.05) is 85.4 Å². The predicted molar refractivity (Wildman–Crippen MR) is 175 cm³/mol. The minimum absolute atomic E-state index is 0.448. The number of amidine groups is 1. The van der Waals surface area contributed by atoms with E-state index in [1.807, 2.05) is 30.6 Å². The number of hydrogen-bond donors (Lipinski definition) is 4. The lowest BCUT2D eigenvalue weighted by Crippen LogP contribution is -2.52. The van der Waals surface area contributed by atoms with E-state index in [1.54, 1.807) is 30.3 Å². The standard InChI is InChI=1S/C29H40N8O3S2/c1-35(33-29(28-25(30)11-18-41-28)32-21-5-4-6-22(19-21)34-42(3,38)39)26-8-7-24(20-27(26)40-2)36-14-9-23(10-15-36)37-16-12-31-13-17-37/h4-8,11,18-20,23,31,34H,9-10,12-17,30H2,1-3H3,(H,32,33). The van der Waals surface area contributed by atoms with E-state index in [4.69, 9.17) is 15.6 Å². The van der Waals surface area contributed by atoms with Crippen molar-refractivity contribution in [2.24, 2.45) is 5.10 Å². The third kappa shape index (κ3) is 7.46. The van der Waals surface area contributed by atoms with Crippen molar-refractivity contribution in [2.45, 2.75) is 18.9 Å². The van der Waals surface area contributed by atoms with Gasteiger partial charge in [-0.2, -0.15) is 5.10 Å². The second-order valence-corrected chi connectivity index (χ2v) is 13.3. The molecule has 2 fully saturated rings. The molecular weight excluding hydrogens is 573 g/mol. The summed E-state index contributed by atoms with van der Waals surface area (Å²) in [6.07, 6.45) is 3.44. The number of nitrogens with two attached hydrogens (primary N) is 1. The Kier molecular flexibility index (Phi) is 9.41. The molecule has 3 heterocycles. The van der Waals surface area contributed by atoms with Gasteiger partial charge in [0.1, 0.15) is 11.4 Å². The van der Waals surface area contributed by atoms with Gasteiger partial charge in [0.05, 0.1) is 29.6 Å². The summed E-state index contributed by atoms with van der Waals surface area (Å²) in [5.74, 6) is 1.25. The SMILES string of the molecule is COc1cc(N2CCC(N3CCNCC3)CC2)ccc1N(C)/N=C(/Nc1cccc(NS(C)(=O)=O)c1)c1sccc1N. The summed E-state index contributed by atoms with van der Waals surface area (Å²) in [4.78, 5) is 5.84. The molecule has 0 amide bonds. The van der Waals surface area contributed by atoms with E-state index in [2.05, 4.69) is 37.3 Å². The van der Waals surface area contributed by atoms with Crippen molar-refractivity contribution in [1.29, 1.82) is 0 Å². The lowest BCUT2D eigenvalue weighted by molar-refractivity contribution is 0.150. The molecule has 42 heavy (non-hydrogen) atoms. The normalized spacial score (nSPS) is 17.2. The van der Waals surface area contributed by atoms with Crippen molar-refractivity contribution in [1.82, 2.24) is 10.2 Å². The van der Waals surface area contributed by atoms with Crippen molar-refractivity contribution in [3.8, 4) is 5.75 Å². The number of piperidine rings is 1. The van der Waals surface area contributed by atoms with Gasteiger partial charge in [-0.3, -0.25) is 14.6 Å². The van der Waals surface area contributed by atoms with Crippen LogP contribution in [-0.2, 0) is 10.0 Å². The molecule has 0 unspecified atom stereocenters. The molecule has 0 radical (unpaired) electrons. The molecule has 226 valence electrons. The molecule has 5 rings (SSSR count). The van der Waals surface area contributed by atoms with Gasteiger partial charge in [0, 0.05) is 69.8 Å². The molecule has 0 saturated carbocycles. The van der Waals surface area contributed by atoms with Crippen molar-refractivity contribution in [3.63, 3.8) is 0 Å². The van der Waals surface area contributed by atoms with Gasteiger partial charge < -0.3 is 26.0 Å². The van der Waals surface area contributed by atoms with E-state index >= 15 is 0 Å². The van der Waals surface area contributed by atoms with Crippen LogP contribution in [0.4, 0.5) is 28.4 Å². The fourth-order valence-corrected chi connectivity index (χ4v) is 6.83. The smallest absolute Gasteiger partial charge is 0.229 e. The molecule has 0 aliphatic carbocycles. The van der Waals surface area contributed by atoms with E-state index < -0.39 is 10.0 Å². The molecular formula is C29H40N8O3S2. The number of nitrogens with zero attached hydrogens (tertiary/aromatic N) is 4. The molecule has 5 N–H and O–H groups in total. The molecule has 2 aromatic carbocycles. The Hall–Kier alpha value is -3.52. The Morgan fingerprint density at radius 2 is 1.83 bits per heavy atom. The van der Waals surface area contributed by atoms with Gasteiger partial charge in [-0.15, -0.1) is 11.3 Å². The summed E-state index contributed by atoms with van der Waals surface area (Å²) in [5, 5.41) is 15.3. The van der Waals surface area contributed by atoms with Gasteiger partial charge in [-0.1, -0.05) is 6.07 Å². The third-order valence-corrected chi connectivity index (χ3v) is 9.14. The number of benzene rings is 2. The Balaban J connectivity index is 1.35. The minimum atomic E-state index is -3.41. The van der Waals surface area contributed by atoms with Crippen molar-refractivity contribution < 1.29 is 13.2 Å². The van der Waals surface area contributed by atoms with Crippen LogP contribution in [0.1, 0.15) is 17.7 Å². The summed E-state index contributed by atoms with van der Waals surface area (Å²) in [6, 6.07) is 15.7. The predicted octanol–water partition coefficient (Wildman–Crippen LogP) is 3.49. The van der Waals surface area contributed by atoms with Crippen LogP contribution in [0, 0.1) is 0 Å². The van der Waals surface area contributed by atoms with Gasteiger partial charge in [0.25, 0.3) is 0 Å². The molecule has 3 aromatic rings. The second-order valence-electron chi connectivity index (χ2n) is 10.6. The zero-order valence-corrected chi connectivity index (χ0v) is 26.0. The number of anilines is 5. The highest BCUT2D eigenvalue weighted by molar-refractivity contribution is 7.92. The van der Waals surface area contributed by atoms with Gasteiger partial charge in [-0.25, -0.2) is 8.42 Å². The molecule has 2 aliphatic rings. The summed E-state index contributed by atoms with van der Waals surface area (Å²) >= 11 is 1.47. The van der Waals surface area contributed by atoms with Gasteiger partial charge in [0.15, 0.2) is 5.84 Å². The summed E-state index contributed by atoms with van der Waals surface area (Å²) < 4.78 is 31.8. The fourth-order valence-electron chi connectivity index (χ4n) is 5.52. The number of thiophene rings is 1. The first kappa shape index (κ1) is 30.0. The van der Waals surface area contributed by atoms with Crippen molar-refractivity contribution >= 4 is 55.6 Å². The van der Waals surface area contributed by atoms with E-state index in [9.17, 15) is 8.42 Å². The maximum absolute atomic E-state index is 11.7. The van der Waals surface area contributed by atoms with Crippen LogP contribution in [0.25, 0.3) is 0 Å². The quantitative estimate of drug-likeness (QED) is 0.163. The average molecular weight is 613 g/mol. The van der Waals surface area contributed by atoms with Crippen LogP contribution in [0.2, 0.25) is 0 Å². The highest BCUT2D eigenvalue weighted by Crippen LogP contribution is 2.34. The number of nitrogen functional groups attached to an aromatic ring is 1. The number of rotatable bonds is 9. The lowest BCUT2D eigenvalue weighted by Gasteiger charge is -2.41. The highest BCUT2D eigenvalue weighted by Gasteiger charge is 2.26. The average Bonchev–Trinajstić information content (AvgIpc) is 3.42. The first-order valence-corrected chi connectivity index (χ1v) is 16.9. The Labute approximate surface area is 252 Å². The molecule has 0 atom stereocenters. The summed E-state index contributed by atoms with van der Waals surface area (Å²) in [7, 11) is 0.128. The third-order valence-electron chi connectivity index (χ3n) is 7.60. The van der Waals surface area contributed by atoms with E-state index in [0.717, 1.165) is 80.4 Å². The van der Waals surface area contributed by atoms with Crippen LogP contribution in [0.15, 0.2) is 59.0 Å². The highest BCUT2D eigenvalue weighted by atomic mass is 32.2. The number of methoxy groups -OCH3 is 1. The van der Waals surface area contributed by atoms with Crippen molar-refractivity contribution in [3.05, 3.63) is 58.8 Å². The van der Waals surface area contributed by atoms with Crippen LogP contribution in [-0.4, -0.2) is 84.9 Å². The maximum atomic E-state index is 11.7.